The molecule has 1 unspecified atom stereocenters. The van der Waals surface area contributed by atoms with Crippen LogP contribution in [0.3, 0.4) is 0 Å². The van der Waals surface area contributed by atoms with Gasteiger partial charge in [-0.1, -0.05) is 30.4 Å². The van der Waals surface area contributed by atoms with E-state index in [1.807, 2.05) is 12.3 Å². The molecule has 0 saturated carbocycles. The van der Waals surface area contributed by atoms with Crippen LogP contribution in [-0.2, 0) is 12.0 Å². The lowest BCUT2D eigenvalue weighted by Crippen LogP contribution is -2.38. The van der Waals surface area contributed by atoms with Gasteiger partial charge in [-0.2, -0.15) is 0 Å². The largest absolute Gasteiger partial charge is 0.389 e. The zero-order valence-corrected chi connectivity index (χ0v) is 12.4. The van der Waals surface area contributed by atoms with Crippen molar-refractivity contribution in [3.8, 4) is 0 Å². The van der Waals surface area contributed by atoms with E-state index in [1.165, 1.54) is 27.5 Å². The van der Waals surface area contributed by atoms with Crippen LogP contribution >= 0.6 is 0 Å². The van der Waals surface area contributed by atoms with Crippen LogP contribution in [0, 0.1) is 0 Å². The summed E-state index contributed by atoms with van der Waals surface area (Å²) in [7, 11) is 0. The first-order valence-corrected chi connectivity index (χ1v) is 8.03. The maximum absolute atomic E-state index is 9.87. The molecule has 0 saturated heterocycles. The number of rotatable bonds is 0. The normalized spacial score (nSPS) is 27.0. The van der Waals surface area contributed by atoms with E-state index >= 15 is 0 Å². The number of para-hydroxylation sites is 1. The number of pyridine rings is 1. The lowest BCUT2D eigenvalue weighted by molar-refractivity contribution is 0.168. The zero-order valence-electron chi connectivity index (χ0n) is 12.4. The number of benzene rings is 1. The highest BCUT2D eigenvalue weighted by atomic mass is 16.3. The standard InChI is InChI=1S/C19H18N2O/c22-13-5-9-19(10-6-13)11-7-16-18-15(8-12-20-16)14-3-1-2-4-17(14)21(18)19/h1-5,8-9,12-13,22H,6-7,10-11H2/t13?,19-/m1/s1. The molecular formula is C19H18N2O. The molecule has 2 atom stereocenters. The Hall–Kier alpha value is -2.13. The molecule has 3 heterocycles. The van der Waals surface area contributed by atoms with Gasteiger partial charge in [-0.25, -0.2) is 0 Å². The van der Waals surface area contributed by atoms with Gasteiger partial charge in [0.15, 0.2) is 0 Å². The number of allylic oxidation sites excluding steroid dienone is 1. The summed E-state index contributed by atoms with van der Waals surface area (Å²) in [5, 5.41) is 12.5. The van der Waals surface area contributed by atoms with E-state index in [4.69, 9.17) is 0 Å². The van der Waals surface area contributed by atoms with Gasteiger partial charge in [-0.15, -0.1) is 0 Å². The molecule has 1 N–H and O–H groups in total. The molecule has 1 aromatic carbocycles. The molecule has 3 heteroatoms. The number of aryl methyl sites for hydroxylation is 1. The van der Waals surface area contributed by atoms with Crippen LogP contribution in [0.4, 0.5) is 0 Å². The second kappa shape index (κ2) is 4.20. The topological polar surface area (TPSA) is 38.1 Å². The molecule has 3 nitrogen and oxygen atoms in total. The van der Waals surface area contributed by atoms with Crippen molar-refractivity contribution in [2.24, 2.45) is 0 Å². The smallest absolute Gasteiger partial charge is 0.0722 e. The number of fused-ring (bicyclic) bond motifs is 4. The first kappa shape index (κ1) is 12.4. The van der Waals surface area contributed by atoms with Crippen molar-refractivity contribution in [1.82, 2.24) is 9.55 Å². The summed E-state index contributed by atoms with van der Waals surface area (Å²) in [6.45, 7) is 0. The third-order valence-electron chi connectivity index (χ3n) is 5.40. The Morgan fingerprint density at radius 2 is 2.05 bits per heavy atom. The van der Waals surface area contributed by atoms with Gasteiger partial charge >= 0.3 is 0 Å². The van der Waals surface area contributed by atoms with Crippen molar-refractivity contribution >= 4 is 21.8 Å². The Morgan fingerprint density at radius 3 is 2.91 bits per heavy atom. The second-order valence-corrected chi connectivity index (χ2v) is 6.58. The Labute approximate surface area is 128 Å². The fourth-order valence-corrected chi connectivity index (χ4v) is 4.34. The highest BCUT2D eigenvalue weighted by molar-refractivity contribution is 6.09. The second-order valence-electron chi connectivity index (χ2n) is 6.58. The average molecular weight is 290 g/mol. The molecule has 3 aromatic rings. The minimum atomic E-state index is -0.293. The fraction of sp³-hybridized carbons (Fsp3) is 0.316. The summed E-state index contributed by atoms with van der Waals surface area (Å²) in [6.07, 6.45) is 9.76. The molecule has 0 amide bonds. The van der Waals surface area contributed by atoms with Crippen LogP contribution < -0.4 is 0 Å². The predicted molar refractivity (Wildman–Crippen MR) is 87.9 cm³/mol. The Bertz CT molecular complexity index is 924. The third-order valence-corrected chi connectivity index (χ3v) is 5.40. The number of hydrogen-bond acceptors (Lipinski definition) is 2. The zero-order chi connectivity index (χ0) is 14.7. The first-order valence-electron chi connectivity index (χ1n) is 8.03. The summed E-state index contributed by atoms with van der Waals surface area (Å²) in [4.78, 5) is 4.63. The van der Waals surface area contributed by atoms with Gasteiger partial charge < -0.3 is 9.67 Å². The van der Waals surface area contributed by atoms with Crippen LogP contribution in [0.5, 0.6) is 0 Å². The van der Waals surface area contributed by atoms with E-state index in [1.54, 1.807) is 0 Å². The number of aliphatic hydroxyl groups excluding tert-OH is 1. The Morgan fingerprint density at radius 1 is 1.14 bits per heavy atom. The third kappa shape index (κ3) is 1.47. The number of aliphatic hydroxyl groups is 1. The molecule has 1 aliphatic carbocycles. The molecule has 110 valence electrons. The van der Waals surface area contributed by atoms with E-state index < -0.39 is 0 Å². The summed E-state index contributed by atoms with van der Waals surface area (Å²) < 4.78 is 2.49. The number of hydrogen-bond donors (Lipinski definition) is 1. The monoisotopic (exact) mass is 290 g/mol. The first-order chi connectivity index (χ1) is 10.8. The SMILES string of the molecule is OC1C=C[C@]2(CCc3nccc4c5ccccc5n2c34)CC1. The quantitative estimate of drug-likeness (QED) is 0.643. The molecule has 0 bridgehead atoms. The lowest BCUT2D eigenvalue weighted by atomic mass is 9.80. The van der Waals surface area contributed by atoms with Crippen molar-refractivity contribution in [2.75, 3.05) is 0 Å². The maximum Gasteiger partial charge on any atom is 0.0722 e. The van der Waals surface area contributed by atoms with Crippen molar-refractivity contribution in [2.45, 2.75) is 37.3 Å². The molecule has 1 aliphatic heterocycles. The van der Waals surface area contributed by atoms with Gasteiger partial charge in [0.25, 0.3) is 0 Å². The van der Waals surface area contributed by atoms with Crippen LogP contribution in [0.1, 0.15) is 25.0 Å². The van der Waals surface area contributed by atoms with Crippen molar-refractivity contribution in [3.05, 3.63) is 54.4 Å². The van der Waals surface area contributed by atoms with E-state index in [9.17, 15) is 5.11 Å². The minimum Gasteiger partial charge on any atom is -0.389 e. The molecule has 0 fully saturated rings. The molecular weight excluding hydrogens is 272 g/mol. The van der Waals surface area contributed by atoms with E-state index in [0.29, 0.717) is 0 Å². The molecule has 1 spiro atoms. The van der Waals surface area contributed by atoms with Crippen LogP contribution in [0.15, 0.2) is 48.7 Å². The Kier molecular flexibility index (Phi) is 2.37. The van der Waals surface area contributed by atoms with Gasteiger partial charge in [0.05, 0.1) is 22.9 Å². The van der Waals surface area contributed by atoms with Crippen molar-refractivity contribution in [1.29, 1.82) is 0 Å². The summed E-state index contributed by atoms with van der Waals surface area (Å²) in [5.74, 6) is 0. The van der Waals surface area contributed by atoms with Gasteiger partial charge in [-0.05, 0) is 37.8 Å². The molecule has 5 rings (SSSR count). The van der Waals surface area contributed by atoms with Crippen molar-refractivity contribution in [3.63, 3.8) is 0 Å². The van der Waals surface area contributed by atoms with Gasteiger partial charge in [0.2, 0.25) is 0 Å². The average Bonchev–Trinajstić information content (AvgIpc) is 2.91. The van der Waals surface area contributed by atoms with Crippen molar-refractivity contribution < 1.29 is 5.11 Å². The molecule has 2 aromatic heterocycles. The number of aromatic nitrogens is 2. The van der Waals surface area contributed by atoms with E-state index in [0.717, 1.165) is 25.7 Å². The molecule has 2 aliphatic rings. The van der Waals surface area contributed by atoms with E-state index in [2.05, 4.69) is 46.0 Å². The van der Waals surface area contributed by atoms with Crippen LogP contribution in [-0.4, -0.2) is 20.8 Å². The highest BCUT2D eigenvalue weighted by Crippen LogP contribution is 2.45. The maximum atomic E-state index is 9.87. The fourth-order valence-electron chi connectivity index (χ4n) is 4.34. The van der Waals surface area contributed by atoms with E-state index in [-0.39, 0.29) is 11.6 Å². The van der Waals surface area contributed by atoms with Gasteiger partial charge in [-0.3, -0.25) is 4.98 Å². The molecule has 22 heavy (non-hydrogen) atoms. The minimum absolute atomic E-state index is 0.00336. The predicted octanol–water partition coefficient (Wildman–Crippen LogP) is 3.54. The Balaban J connectivity index is 1.95. The van der Waals surface area contributed by atoms with Crippen LogP contribution in [0.25, 0.3) is 21.8 Å². The van der Waals surface area contributed by atoms with Gasteiger partial charge in [0.1, 0.15) is 0 Å². The lowest BCUT2D eigenvalue weighted by Gasteiger charge is -2.40. The summed E-state index contributed by atoms with van der Waals surface area (Å²) in [6, 6.07) is 10.8. The summed E-state index contributed by atoms with van der Waals surface area (Å²) in [5.41, 5.74) is 3.78. The highest BCUT2D eigenvalue weighted by Gasteiger charge is 2.38. The summed E-state index contributed by atoms with van der Waals surface area (Å²) >= 11 is 0. The molecule has 0 radical (unpaired) electrons. The van der Waals surface area contributed by atoms with Gasteiger partial charge in [0, 0.05) is 22.5 Å². The number of nitrogens with zero attached hydrogens (tertiary/aromatic N) is 2. The van der Waals surface area contributed by atoms with Crippen LogP contribution in [0.2, 0.25) is 0 Å².